The van der Waals surface area contributed by atoms with Gasteiger partial charge in [-0.15, -0.1) is 0 Å². The summed E-state index contributed by atoms with van der Waals surface area (Å²) in [6.07, 6.45) is 6.98. The van der Waals surface area contributed by atoms with E-state index in [1.165, 1.54) is 0 Å². The molecule has 17 heavy (non-hydrogen) atoms. The molecule has 0 radical (unpaired) electrons. The number of hydrogen-bond donors (Lipinski definition) is 0. The monoisotopic (exact) mass is 250 g/mol. The van der Waals surface area contributed by atoms with Crippen molar-refractivity contribution in [1.82, 2.24) is 9.55 Å². The van der Waals surface area contributed by atoms with Gasteiger partial charge < -0.3 is 9.30 Å². The Labute approximate surface area is 103 Å². The number of para-hydroxylation sites is 2. The highest BCUT2D eigenvalue weighted by Crippen LogP contribution is 2.21. The Balaban J connectivity index is 2.14. The quantitative estimate of drug-likeness (QED) is 0.810. The average Bonchev–Trinajstić information content (AvgIpc) is 2.82. The molecule has 1 unspecified atom stereocenters. The Morgan fingerprint density at radius 2 is 2.24 bits per heavy atom. The summed E-state index contributed by atoms with van der Waals surface area (Å²) in [6.45, 7) is 0.453. The molecule has 2 rings (SSSR count). The van der Waals surface area contributed by atoms with Crippen LogP contribution in [0.25, 0.3) is 5.69 Å². The third-order valence-electron chi connectivity index (χ3n) is 2.28. The van der Waals surface area contributed by atoms with Crippen LogP contribution in [0.15, 0.2) is 43.0 Å². The fraction of sp³-hybridized carbons (Fsp3) is 0.250. The predicted molar refractivity (Wildman–Crippen MR) is 68.0 cm³/mol. The van der Waals surface area contributed by atoms with E-state index in [0.29, 0.717) is 12.4 Å². The molecular formula is C12H14N2O2S. The van der Waals surface area contributed by atoms with Gasteiger partial charge in [-0.3, -0.25) is 4.21 Å². The zero-order chi connectivity index (χ0) is 12.1. The number of rotatable bonds is 5. The summed E-state index contributed by atoms with van der Waals surface area (Å²) in [7, 11) is -0.827. The van der Waals surface area contributed by atoms with Crippen LogP contribution in [0.5, 0.6) is 5.75 Å². The third-order valence-corrected chi connectivity index (χ3v) is 3.02. The van der Waals surface area contributed by atoms with Crippen molar-refractivity contribution in [2.24, 2.45) is 0 Å². The zero-order valence-corrected chi connectivity index (χ0v) is 10.4. The molecule has 0 aliphatic carbocycles. The van der Waals surface area contributed by atoms with E-state index in [2.05, 4.69) is 4.98 Å². The molecule has 1 heterocycles. The van der Waals surface area contributed by atoms with Gasteiger partial charge in [-0.2, -0.15) is 0 Å². The molecule has 1 aromatic heterocycles. The summed E-state index contributed by atoms with van der Waals surface area (Å²) in [5.41, 5.74) is 0.937. The number of imidazole rings is 1. The Kier molecular flexibility index (Phi) is 3.93. The molecule has 4 nitrogen and oxygen atoms in total. The van der Waals surface area contributed by atoms with E-state index in [4.69, 9.17) is 4.74 Å². The van der Waals surface area contributed by atoms with E-state index < -0.39 is 10.8 Å². The Hall–Kier alpha value is -1.62. The van der Waals surface area contributed by atoms with Crippen LogP contribution >= 0.6 is 0 Å². The van der Waals surface area contributed by atoms with Crippen molar-refractivity contribution in [2.75, 3.05) is 18.6 Å². The first-order valence-corrected chi connectivity index (χ1v) is 7.00. The lowest BCUT2D eigenvalue weighted by atomic mass is 10.3. The lowest BCUT2D eigenvalue weighted by Crippen LogP contribution is -2.08. The highest BCUT2D eigenvalue weighted by atomic mass is 32.2. The van der Waals surface area contributed by atoms with E-state index in [9.17, 15) is 4.21 Å². The highest BCUT2D eigenvalue weighted by molar-refractivity contribution is 7.84. The maximum Gasteiger partial charge on any atom is 0.143 e. The minimum Gasteiger partial charge on any atom is -0.490 e. The summed E-state index contributed by atoms with van der Waals surface area (Å²) >= 11 is 0. The van der Waals surface area contributed by atoms with E-state index in [1.807, 2.05) is 35.0 Å². The number of ether oxygens (including phenoxy) is 1. The van der Waals surface area contributed by atoms with Crippen LogP contribution in [0.4, 0.5) is 0 Å². The maximum absolute atomic E-state index is 11.0. The SMILES string of the molecule is CS(=O)CCOc1ccccc1-n1ccnc1. The summed E-state index contributed by atoms with van der Waals surface area (Å²) < 4.78 is 18.5. The molecule has 5 heteroatoms. The molecule has 0 N–H and O–H groups in total. The second-order valence-electron chi connectivity index (χ2n) is 3.56. The maximum atomic E-state index is 11.0. The van der Waals surface area contributed by atoms with Crippen LogP contribution in [0.1, 0.15) is 0 Å². The molecule has 90 valence electrons. The fourth-order valence-corrected chi connectivity index (χ4v) is 1.78. The van der Waals surface area contributed by atoms with Gasteiger partial charge in [0, 0.05) is 29.4 Å². The lowest BCUT2D eigenvalue weighted by Gasteiger charge is -2.11. The first kappa shape index (κ1) is 11.9. The van der Waals surface area contributed by atoms with Crippen molar-refractivity contribution in [3.05, 3.63) is 43.0 Å². The number of nitrogens with zero attached hydrogens (tertiary/aromatic N) is 2. The normalized spacial score (nSPS) is 12.3. The molecule has 0 spiro atoms. The Morgan fingerprint density at radius 3 is 2.94 bits per heavy atom. The molecule has 0 saturated heterocycles. The summed E-state index contributed by atoms with van der Waals surface area (Å²) in [4.78, 5) is 4.01. The smallest absolute Gasteiger partial charge is 0.143 e. The molecule has 0 fully saturated rings. The van der Waals surface area contributed by atoms with E-state index in [0.717, 1.165) is 11.4 Å². The standard InChI is InChI=1S/C12H14N2O2S/c1-17(15)9-8-16-12-5-3-2-4-11(12)14-7-6-13-10-14/h2-7,10H,8-9H2,1H3. The Morgan fingerprint density at radius 1 is 1.41 bits per heavy atom. The minimum atomic E-state index is -0.827. The number of hydrogen-bond acceptors (Lipinski definition) is 3. The molecule has 0 amide bonds. The molecule has 0 aliphatic rings. The summed E-state index contributed by atoms with van der Waals surface area (Å²) in [5, 5.41) is 0. The van der Waals surface area contributed by atoms with Gasteiger partial charge in [0.1, 0.15) is 5.75 Å². The van der Waals surface area contributed by atoms with Crippen molar-refractivity contribution in [2.45, 2.75) is 0 Å². The summed E-state index contributed by atoms with van der Waals surface area (Å²) in [5.74, 6) is 1.31. The first-order valence-electron chi connectivity index (χ1n) is 5.27. The van der Waals surface area contributed by atoms with Crippen LogP contribution in [-0.2, 0) is 10.8 Å². The second-order valence-corrected chi connectivity index (χ2v) is 5.12. The topological polar surface area (TPSA) is 44.1 Å². The highest BCUT2D eigenvalue weighted by Gasteiger charge is 2.04. The van der Waals surface area contributed by atoms with Crippen molar-refractivity contribution < 1.29 is 8.95 Å². The average molecular weight is 250 g/mol. The molecule has 0 bridgehead atoms. The summed E-state index contributed by atoms with van der Waals surface area (Å²) in [6, 6.07) is 7.71. The number of aromatic nitrogens is 2. The van der Waals surface area contributed by atoms with Crippen molar-refractivity contribution >= 4 is 10.8 Å². The molecule has 1 aromatic carbocycles. The van der Waals surface area contributed by atoms with Gasteiger partial charge in [0.05, 0.1) is 24.4 Å². The van der Waals surface area contributed by atoms with Gasteiger partial charge in [-0.05, 0) is 12.1 Å². The predicted octanol–water partition coefficient (Wildman–Crippen LogP) is 1.63. The largest absolute Gasteiger partial charge is 0.490 e. The molecular weight excluding hydrogens is 236 g/mol. The van der Waals surface area contributed by atoms with E-state index >= 15 is 0 Å². The fourth-order valence-electron chi connectivity index (χ4n) is 1.46. The van der Waals surface area contributed by atoms with Crippen LogP contribution in [0.3, 0.4) is 0 Å². The van der Waals surface area contributed by atoms with Crippen LogP contribution in [0.2, 0.25) is 0 Å². The van der Waals surface area contributed by atoms with Crippen molar-refractivity contribution in [3.63, 3.8) is 0 Å². The van der Waals surface area contributed by atoms with Crippen molar-refractivity contribution in [3.8, 4) is 11.4 Å². The van der Waals surface area contributed by atoms with Gasteiger partial charge in [0.25, 0.3) is 0 Å². The molecule has 0 saturated carbocycles. The van der Waals surface area contributed by atoms with Gasteiger partial charge in [-0.25, -0.2) is 4.98 Å². The first-order chi connectivity index (χ1) is 8.27. The molecule has 0 aliphatic heterocycles. The number of benzene rings is 1. The van der Waals surface area contributed by atoms with Gasteiger partial charge in [0.15, 0.2) is 0 Å². The van der Waals surface area contributed by atoms with Crippen molar-refractivity contribution in [1.29, 1.82) is 0 Å². The minimum absolute atomic E-state index is 0.453. The third kappa shape index (κ3) is 3.17. The lowest BCUT2D eigenvalue weighted by molar-refractivity contribution is 0.341. The van der Waals surface area contributed by atoms with Gasteiger partial charge >= 0.3 is 0 Å². The van der Waals surface area contributed by atoms with Crippen LogP contribution in [0, 0.1) is 0 Å². The molecule has 1 atom stereocenters. The van der Waals surface area contributed by atoms with Crippen LogP contribution in [-0.4, -0.2) is 32.4 Å². The zero-order valence-electron chi connectivity index (χ0n) is 9.57. The molecule has 2 aromatic rings. The van der Waals surface area contributed by atoms with E-state index in [-0.39, 0.29) is 0 Å². The second kappa shape index (κ2) is 5.63. The van der Waals surface area contributed by atoms with Gasteiger partial charge in [-0.1, -0.05) is 12.1 Å². The van der Waals surface area contributed by atoms with E-state index in [1.54, 1.807) is 18.8 Å². The Bertz CT molecular complexity index is 497. The van der Waals surface area contributed by atoms with Gasteiger partial charge in [0.2, 0.25) is 0 Å². The van der Waals surface area contributed by atoms with Crippen LogP contribution < -0.4 is 4.74 Å².